The van der Waals surface area contributed by atoms with Crippen LogP contribution in [0.1, 0.15) is 45.1 Å². The molecule has 1 amide bonds. The highest BCUT2D eigenvalue weighted by molar-refractivity contribution is 5.81. The van der Waals surface area contributed by atoms with Crippen molar-refractivity contribution in [2.75, 3.05) is 13.1 Å². The molecule has 0 spiro atoms. The Balaban J connectivity index is 1.57. The zero-order valence-electron chi connectivity index (χ0n) is 15.0. The van der Waals surface area contributed by atoms with E-state index < -0.39 is 11.6 Å². The Bertz CT molecular complexity index is 896. The second-order valence-electron chi connectivity index (χ2n) is 7.61. The van der Waals surface area contributed by atoms with Crippen molar-refractivity contribution in [1.82, 2.24) is 19.9 Å². The number of piperidine rings is 1. The molecule has 138 valence electrons. The Morgan fingerprint density at radius 2 is 2.12 bits per heavy atom. The molecule has 3 atom stereocenters. The zero-order chi connectivity index (χ0) is 18.3. The number of carbonyl (C=O) groups excluding carboxylic acids is 1. The number of benzene rings is 1. The van der Waals surface area contributed by atoms with Crippen molar-refractivity contribution >= 4 is 16.8 Å². The van der Waals surface area contributed by atoms with E-state index >= 15 is 0 Å². The third-order valence-corrected chi connectivity index (χ3v) is 6.05. The average molecular weight is 356 g/mol. The number of hydrogen-bond acceptors (Lipinski definition) is 5. The summed E-state index contributed by atoms with van der Waals surface area (Å²) in [6.45, 7) is 2.76. The fourth-order valence-corrected chi connectivity index (χ4v) is 4.40. The number of rotatable bonds is 2. The summed E-state index contributed by atoms with van der Waals surface area (Å²) in [5.41, 5.74) is -0.404. The largest absolute Gasteiger partial charge is 0.389 e. The summed E-state index contributed by atoms with van der Waals surface area (Å²) in [6, 6.07) is 6.29. The summed E-state index contributed by atoms with van der Waals surface area (Å²) in [7, 11) is 0. The minimum Gasteiger partial charge on any atom is -0.389 e. The van der Waals surface area contributed by atoms with Gasteiger partial charge >= 0.3 is 0 Å². The molecule has 2 aliphatic rings. The number of amides is 1. The molecular formula is C19H24N4O3. The molecule has 1 saturated carbocycles. The topological polar surface area (TPSA) is 88.3 Å². The van der Waals surface area contributed by atoms with Crippen LogP contribution in [0.3, 0.4) is 0 Å². The van der Waals surface area contributed by atoms with Gasteiger partial charge in [0, 0.05) is 19.0 Å². The minimum atomic E-state index is -0.714. The first kappa shape index (κ1) is 17.1. The molecule has 1 aromatic carbocycles. The summed E-state index contributed by atoms with van der Waals surface area (Å²) in [6.07, 6.45) is 4.53. The lowest BCUT2D eigenvalue weighted by atomic mass is 9.71. The van der Waals surface area contributed by atoms with E-state index in [1.165, 1.54) is 4.68 Å². The summed E-state index contributed by atoms with van der Waals surface area (Å²) < 4.78 is 1.17. The quantitative estimate of drug-likeness (QED) is 0.881. The lowest BCUT2D eigenvalue weighted by molar-refractivity contribution is -0.146. The van der Waals surface area contributed by atoms with Gasteiger partial charge in [-0.3, -0.25) is 9.59 Å². The molecule has 2 aromatic rings. The maximum absolute atomic E-state index is 13.0. The molecule has 4 rings (SSSR count). The first-order valence-electron chi connectivity index (χ1n) is 9.35. The van der Waals surface area contributed by atoms with Gasteiger partial charge in [-0.2, -0.15) is 4.68 Å². The highest BCUT2D eigenvalue weighted by atomic mass is 16.3. The number of likely N-dealkylation sites (tertiary alicyclic amines) is 1. The second-order valence-corrected chi connectivity index (χ2v) is 7.61. The fraction of sp³-hybridized carbons (Fsp3) is 0.579. The summed E-state index contributed by atoms with van der Waals surface area (Å²) >= 11 is 0. The molecule has 7 nitrogen and oxygen atoms in total. The van der Waals surface area contributed by atoms with Gasteiger partial charge in [0.1, 0.15) is 11.6 Å². The Morgan fingerprint density at radius 1 is 1.31 bits per heavy atom. The van der Waals surface area contributed by atoms with Gasteiger partial charge in [-0.15, -0.1) is 5.10 Å². The van der Waals surface area contributed by atoms with E-state index in [0.717, 1.165) is 25.7 Å². The van der Waals surface area contributed by atoms with Crippen LogP contribution >= 0.6 is 0 Å². The predicted molar refractivity (Wildman–Crippen MR) is 96.6 cm³/mol. The number of fused-ring (bicyclic) bond motifs is 2. The van der Waals surface area contributed by atoms with Crippen LogP contribution in [0.4, 0.5) is 0 Å². The number of hydrogen-bond donors (Lipinski definition) is 1. The van der Waals surface area contributed by atoms with Crippen LogP contribution in [0, 0.1) is 5.92 Å². The molecule has 26 heavy (non-hydrogen) atoms. The van der Waals surface area contributed by atoms with Crippen LogP contribution in [0.5, 0.6) is 0 Å². The monoisotopic (exact) mass is 356 g/mol. The Hall–Kier alpha value is -2.28. The number of aromatic nitrogens is 3. The van der Waals surface area contributed by atoms with Crippen molar-refractivity contribution in [3.05, 3.63) is 34.6 Å². The highest BCUT2D eigenvalue weighted by Gasteiger charge is 2.44. The lowest BCUT2D eigenvalue weighted by Gasteiger charge is -2.47. The molecule has 1 aliphatic carbocycles. The third-order valence-electron chi connectivity index (χ3n) is 6.05. The summed E-state index contributed by atoms with van der Waals surface area (Å²) in [4.78, 5) is 27.4. The molecule has 1 aromatic heterocycles. The molecular weight excluding hydrogens is 332 g/mol. The van der Waals surface area contributed by atoms with Crippen molar-refractivity contribution in [2.24, 2.45) is 5.92 Å². The van der Waals surface area contributed by atoms with Crippen LogP contribution in [0.2, 0.25) is 0 Å². The SMILES string of the molecule is C[C@@H](C(=O)N1CC[C@]2(O)CCCC[C@@H]2C1)n1nnc2ccccc2c1=O. The summed E-state index contributed by atoms with van der Waals surface area (Å²) in [5, 5.41) is 19.3. The van der Waals surface area contributed by atoms with Crippen molar-refractivity contribution < 1.29 is 9.90 Å². The molecule has 0 bridgehead atoms. The average Bonchev–Trinajstić information content (AvgIpc) is 2.66. The smallest absolute Gasteiger partial charge is 0.278 e. The third kappa shape index (κ3) is 2.80. The van der Waals surface area contributed by atoms with Crippen LogP contribution < -0.4 is 5.56 Å². The number of aliphatic hydroxyl groups is 1. The second kappa shape index (κ2) is 6.46. The molecule has 1 saturated heterocycles. The van der Waals surface area contributed by atoms with Gasteiger partial charge in [0.05, 0.1) is 11.0 Å². The van der Waals surface area contributed by atoms with Crippen molar-refractivity contribution in [3.8, 4) is 0 Å². The van der Waals surface area contributed by atoms with E-state index in [0.29, 0.717) is 30.4 Å². The molecule has 1 aliphatic heterocycles. The molecule has 2 fully saturated rings. The fourth-order valence-electron chi connectivity index (χ4n) is 4.40. The van der Waals surface area contributed by atoms with Crippen LogP contribution in [-0.2, 0) is 4.79 Å². The lowest BCUT2D eigenvalue weighted by Crippen LogP contribution is -2.55. The Kier molecular flexibility index (Phi) is 4.26. The minimum absolute atomic E-state index is 0.126. The van der Waals surface area contributed by atoms with Crippen molar-refractivity contribution in [3.63, 3.8) is 0 Å². The molecule has 1 N–H and O–H groups in total. The molecule has 0 radical (unpaired) electrons. The standard InChI is InChI=1S/C19H24N4O3/c1-13(23-18(25)15-7-2-3-8-16(15)20-21-23)17(24)22-11-10-19(26)9-5-4-6-14(19)12-22/h2-3,7-8,13-14,26H,4-6,9-12H2,1H3/t13-,14+,19+/m0/s1. The number of carbonyl (C=O) groups is 1. The van der Waals surface area contributed by atoms with Crippen LogP contribution in [-0.4, -0.2) is 49.6 Å². The van der Waals surface area contributed by atoms with E-state index in [9.17, 15) is 14.7 Å². The van der Waals surface area contributed by atoms with Gasteiger partial charge in [0.15, 0.2) is 0 Å². The van der Waals surface area contributed by atoms with E-state index in [2.05, 4.69) is 10.3 Å². The van der Waals surface area contributed by atoms with Gasteiger partial charge in [0.2, 0.25) is 5.91 Å². The van der Waals surface area contributed by atoms with E-state index in [-0.39, 0.29) is 17.4 Å². The van der Waals surface area contributed by atoms with Crippen molar-refractivity contribution in [2.45, 2.75) is 50.7 Å². The molecule has 0 unspecified atom stereocenters. The maximum Gasteiger partial charge on any atom is 0.278 e. The number of nitrogens with zero attached hydrogens (tertiary/aromatic N) is 4. The Morgan fingerprint density at radius 3 is 2.96 bits per heavy atom. The predicted octanol–water partition coefficient (Wildman–Crippen LogP) is 1.51. The molecule has 2 heterocycles. The maximum atomic E-state index is 13.0. The highest BCUT2D eigenvalue weighted by Crippen LogP contribution is 2.40. The van der Waals surface area contributed by atoms with Crippen molar-refractivity contribution in [1.29, 1.82) is 0 Å². The molecule has 7 heteroatoms. The van der Waals surface area contributed by atoms with Crippen LogP contribution in [0.25, 0.3) is 10.9 Å². The first-order chi connectivity index (χ1) is 12.5. The summed E-state index contributed by atoms with van der Waals surface area (Å²) in [5.74, 6) is -0.00938. The Labute approximate surface area is 151 Å². The van der Waals surface area contributed by atoms with Gasteiger partial charge < -0.3 is 10.0 Å². The zero-order valence-corrected chi connectivity index (χ0v) is 15.0. The van der Waals surface area contributed by atoms with Gasteiger partial charge in [-0.1, -0.05) is 30.2 Å². The normalized spacial score (nSPS) is 27.2. The van der Waals surface area contributed by atoms with E-state index in [1.807, 2.05) is 0 Å². The van der Waals surface area contributed by atoms with Gasteiger partial charge in [-0.05, 0) is 38.3 Å². The van der Waals surface area contributed by atoms with E-state index in [4.69, 9.17) is 0 Å². The van der Waals surface area contributed by atoms with E-state index in [1.54, 1.807) is 36.1 Å². The van der Waals surface area contributed by atoms with Gasteiger partial charge in [0.25, 0.3) is 5.56 Å². The first-order valence-corrected chi connectivity index (χ1v) is 9.35. The van der Waals surface area contributed by atoms with Crippen LogP contribution in [0.15, 0.2) is 29.1 Å². The van der Waals surface area contributed by atoms with Gasteiger partial charge in [-0.25, -0.2) is 0 Å².